The van der Waals surface area contributed by atoms with Crippen LogP contribution in [-0.2, 0) is 15.8 Å². The molecule has 22 heavy (non-hydrogen) atoms. The van der Waals surface area contributed by atoms with Gasteiger partial charge in [-0.3, -0.25) is 14.9 Å². The average Bonchev–Trinajstić information content (AvgIpc) is 2.41. The molecule has 1 aromatic rings. The summed E-state index contributed by atoms with van der Waals surface area (Å²) >= 11 is 0. The van der Waals surface area contributed by atoms with Gasteiger partial charge in [0.15, 0.2) is 0 Å². The van der Waals surface area contributed by atoms with Gasteiger partial charge < -0.3 is 10.6 Å². The van der Waals surface area contributed by atoms with Gasteiger partial charge in [-0.2, -0.15) is 13.2 Å². The van der Waals surface area contributed by atoms with Gasteiger partial charge in [0.05, 0.1) is 5.56 Å². The Morgan fingerprint density at radius 3 is 2.36 bits per heavy atom. The molecule has 6 nitrogen and oxygen atoms in total. The van der Waals surface area contributed by atoms with Crippen LogP contribution in [0.1, 0.15) is 18.4 Å². The molecular weight excluding hydrogens is 303 g/mol. The normalized spacial score (nSPS) is 18.6. The molecule has 0 aromatic heterocycles. The highest BCUT2D eigenvalue weighted by atomic mass is 19.4. The van der Waals surface area contributed by atoms with Crippen LogP contribution >= 0.6 is 0 Å². The predicted octanol–water partition coefficient (Wildman–Crippen LogP) is 1.63. The van der Waals surface area contributed by atoms with E-state index in [4.69, 9.17) is 0 Å². The summed E-state index contributed by atoms with van der Waals surface area (Å²) < 4.78 is 37.2. The maximum absolute atomic E-state index is 12.4. The van der Waals surface area contributed by atoms with E-state index >= 15 is 0 Å². The van der Waals surface area contributed by atoms with Crippen LogP contribution in [0.2, 0.25) is 0 Å². The van der Waals surface area contributed by atoms with E-state index in [-0.39, 0.29) is 18.5 Å². The smallest absolute Gasteiger partial charge is 0.326 e. The molecule has 0 saturated carbocycles. The lowest BCUT2D eigenvalue weighted by Crippen LogP contribution is -2.53. The Morgan fingerprint density at radius 2 is 1.82 bits per heavy atom. The maximum atomic E-state index is 12.4. The SMILES string of the molecule is O=C1CCC(NC(=O)Nc2ccc(C(F)(F)F)cc2)C(=O)N1. The molecule has 1 aromatic carbocycles. The van der Waals surface area contributed by atoms with Crippen molar-refractivity contribution in [1.82, 2.24) is 10.6 Å². The van der Waals surface area contributed by atoms with Crippen LogP contribution in [0.4, 0.5) is 23.7 Å². The van der Waals surface area contributed by atoms with Crippen molar-refractivity contribution in [3.8, 4) is 0 Å². The number of carbonyl (C=O) groups is 3. The monoisotopic (exact) mass is 315 g/mol. The highest BCUT2D eigenvalue weighted by Gasteiger charge is 2.30. The van der Waals surface area contributed by atoms with Crippen molar-refractivity contribution >= 4 is 23.5 Å². The summed E-state index contributed by atoms with van der Waals surface area (Å²) in [7, 11) is 0. The number of imide groups is 1. The zero-order valence-corrected chi connectivity index (χ0v) is 11.2. The molecule has 1 aliphatic rings. The van der Waals surface area contributed by atoms with Gasteiger partial charge in [0.1, 0.15) is 6.04 Å². The first-order valence-corrected chi connectivity index (χ1v) is 6.34. The number of urea groups is 1. The molecule has 9 heteroatoms. The minimum absolute atomic E-state index is 0.108. The number of nitrogens with one attached hydrogen (secondary N) is 3. The topological polar surface area (TPSA) is 87.3 Å². The number of halogens is 3. The molecule has 0 spiro atoms. The highest BCUT2D eigenvalue weighted by molar-refractivity contribution is 6.02. The van der Waals surface area contributed by atoms with Crippen LogP contribution < -0.4 is 16.0 Å². The van der Waals surface area contributed by atoms with Crippen molar-refractivity contribution in [3.63, 3.8) is 0 Å². The molecule has 3 N–H and O–H groups in total. The van der Waals surface area contributed by atoms with Crippen molar-refractivity contribution in [2.45, 2.75) is 25.1 Å². The number of amides is 4. The number of anilines is 1. The lowest BCUT2D eigenvalue weighted by atomic mass is 10.1. The van der Waals surface area contributed by atoms with E-state index in [1.807, 2.05) is 0 Å². The van der Waals surface area contributed by atoms with Gasteiger partial charge in [-0.1, -0.05) is 0 Å². The first-order chi connectivity index (χ1) is 10.3. The molecule has 4 amide bonds. The van der Waals surface area contributed by atoms with Gasteiger partial charge >= 0.3 is 12.2 Å². The molecule has 0 radical (unpaired) electrons. The number of piperidine rings is 1. The molecule has 1 atom stereocenters. The van der Waals surface area contributed by atoms with Gasteiger partial charge in [0, 0.05) is 12.1 Å². The second-order valence-corrected chi connectivity index (χ2v) is 4.68. The largest absolute Gasteiger partial charge is 0.416 e. The minimum atomic E-state index is -4.45. The Morgan fingerprint density at radius 1 is 1.18 bits per heavy atom. The fraction of sp³-hybridized carbons (Fsp3) is 0.308. The Bertz CT molecular complexity index is 599. The first kappa shape index (κ1) is 15.8. The fourth-order valence-corrected chi connectivity index (χ4v) is 1.90. The molecule has 1 aliphatic heterocycles. The Balaban J connectivity index is 1.92. The van der Waals surface area contributed by atoms with Crippen LogP contribution in [0.15, 0.2) is 24.3 Å². The standard InChI is InChI=1S/C13H12F3N3O3/c14-13(15,16)7-1-3-8(4-2-7)17-12(22)18-9-5-6-10(20)19-11(9)21/h1-4,9H,5-6H2,(H2,17,18,22)(H,19,20,21). The van der Waals surface area contributed by atoms with E-state index < -0.39 is 35.6 Å². The third kappa shape index (κ3) is 3.96. The predicted molar refractivity (Wildman–Crippen MR) is 69.8 cm³/mol. The van der Waals surface area contributed by atoms with Crippen LogP contribution in [-0.4, -0.2) is 23.9 Å². The van der Waals surface area contributed by atoms with Crippen LogP contribution in [0.25, 0.3) is 0 Å². The molecule has 1 unspecified atom stereocenters. The van der Waals surface area contributed by atoms with E-state index in [0.29, 0.717) is 0 Å². The number of rotatable bonds is 2. The third-order valence-corrected chi connectivity index (χ3v) is 3.01. The van der Waals surface area contributed by atoms with E-state index in [1.165, 1.54) is 0 Å². The van der Waals surface area contributed by atoms with Crippen LogP contribution in [0.3, 0.4) is 0 Å². The van der Waals surface area contributed by atoms with Gasteiger partial charge in [0.25, 0.3) is 0 Å². The summed E-state index contributed by atoms with van der Waals surface area (Å²) in [5.74, 6) is -1.02. The number of alkyl halides is 3. The molecule has 1 saturated heterocycles. The molecular formula is C13H12F3N3O3. The lowest BCUT2D eigenvalue weighted by Gasteiger charge is -2.21. The maximum Gasteiger partial charge on any atom is 0.416 e. The van der Waals surface area contributed by atoms with E-state index in [0.717, 1.165) is 24.3 Å². The number of hydrogen-bond donors (Lipinski definition) is 3. The van der Waals surface area contributed by atoms with E-state index in [2.05, 4.69) is 16.0 Å². The van der Waals surface area contributed by atoms with Crippen LogP contribution in [0.5, 0.6) is 0 Å². The summed E-state index contributed by atoms with van der Waals surface area (Å²) in [5, 5.41) is 6.74. The summed E-state index contributed by atoms with van der Waals surface area (Å²) in [6.07, 6.45) is -4.17. The van der Waals surface area contributed by atoms with Crippen molar-refractivity contribution in [1.29, 1.82) is 0 Å². The molecule has 0 bridgehead atoms. The van der Waals surface area contributed by atoms with Gasteiger partial charge in [-0.25, -0.2) is 4.79 Å². The second kappa shape index (κ2) is 6.04. The van der Waals surface area contributed by atoms with Crippen LogP contribution in [0, 0.1) is 0 Å². The quantitative estimate of drug-likeness (QED) is 0.725. The zero-order valence-electron chi connectivity index (χ0n) is 11.2. The second-order valence-electron chi connectivity index (χ2n) is 4.68. The molecule has 1 fully saturated rings. The third-order valence-electron chi connectivity index (χ3n) is 3.01. The number of benzene rings is 1. The average molecular weight is 315 g/mol. The summed E-state index contributed by atoms with van der Waals surface area (Å²) in [4.78, 5) is 34.1. The van der Waals surface area contributed by atoms with Crippen molar-refractivity contribution < 1.29 is 27.6 Å². The molecule has 1 heterocycles. The van der Waals surface area contributed by atoms with E-state index in [1.54, 1.807) is 0 Å². The van der Waals surface area contributed by atoms with Gasteiger partial charge in [-0.15, -0.1) is 0 Å². The highest BCUT2D eigenvalue weighted by Crippen LogP contribution is 2.29. The molecule has 2 rings (SSSR count). The first-order valence-electron chi connectivity index (χ1n) is 6.34. The summed E-state index contributed by atoms with van der Waals surface area (Å²) in [6.45, 7) is 0. The fourth-order valence-electron chi connectivity index (χ4n) is 1.90. The minimum Gasteiger partial charge on any atom is -0.326 e. The van der Waals surface area contributed by atoms with Crippen molar-refractivity contribution in [2.24, 2.45) is 0 Å². The molecule has 0 aliphatic carbocycles. The van der Waals surface area contributed by atoms with E-state index in [9.17, 15) is 27.6 Å². The Kier molecular flexibility index (Phi) is 4.34. The Labute approximate surface area is 123 Å². The van der Waals surface area contributed by atoms with Gasteiger partial charge in [-0.05, 0) is 30.7 Å². The number of carbonyl (C=O) groups excluding carboxylic acids is 3. The Hall–Kier alpha value is -2.58. The van der Waals surface area contributed by atoms with Crippen molar-refractivity contribution in [2.75, 3.05) is 5.32 Å². The number of hydrogen-bond acceptors (Lipinski definition) is 3. The van der Waals surface area contributed by atoms with Crippen molar-refractivity contribution in [3.05, 3.63) is 29.8 Å². The lowest BCUT2D eigenvalue weighted by molar-refractivity contribution is -0.138. The summed E-state index contributed by atoms with van der Waals surface area (Å²) in [5.41, 5.74) is -0.679. The zero-order chi connectivity index (χ0) is 16.3. The van der Waals surface area contributed by atoms with Gasteiger partial charge in [0.2, 0.25) is 11.8 Å². The summed E-state index contributed by atoms with van der Waals surface area (Å²) in [6, 6.07) is 2.28. The molecule has 118 valence electrons.